The van der Waals surface area contributed by atoms with Crippen LogP contribution in [0.3, 0.4) is 0 Å². The molecular weight excluding hydrogens is 186 g/mol. The SMILES string of the molecule is CNC(c1ccc(C)o1)C1CC2CC2C1. The molecule has 0 aliphatic heterocycles. The maximum atomic E-state index is 5.74. The molecule has 1 heterocycles. The van der Waals surface area contributed by atoms with Gasteiger partial charge in [0.25, 0.3) is 0 Å². The van der Waals surface area contributed by atoms with Crippen LogP contribution in [0.4, 0.5) is 0 Å². The summed E-state index contributed by atoms with van der Waals surface area (Å²) in [6.07, 6.45) is 4.29. The largest absolute Gasteiger partial charge is 0.465 e. The second-order valence-electron chi connectivity index (χ2n) is 5.20. The molecule has 15 heavy (non-hydrogen) atoms. The average molecular weight is 205 g/mol. The minimum atomic E-state index is 0.437. The van der Waals surface area contributed by atoms with E-state index >= 15 is 0 Å². The van der Waals surface area contributed by atoms with Crippen LogP contribution in [0.25, 0.3) is 0 Å². The smallest absolute Gasteiger partial charge is 0.121 e. The van der Waals surface area contributed by atoms with Crippen LogP contribution >= 0.6 is 0 Å². The summed E-state index contributed by atoms with van der Waals surface area (Å²) in [5, 5.41) is 3.42. The van der Waals surface area contributed by atoms with Crippen molar-refractivity contribution in [1.82, 2.24) is 5.32 Å². The summed E-state index contributed by atoms with van der Waals surface area (Å²) in [4.78, 5) is 0. The number of aryl methyl sites for hydroxylation is 1. The third-order valence-corrected chi connectivity index (χ3v) is 4.13. The number of rotatable bonds is 3. The van der Waals surface area contributed by atoms with Crippen molar-refractivity contribution in [3.05, 3.63) is 23.7 Å². The fourth-order valence-electron chi connectivity index (χ4n) is 3.26. The van der Waals surface area contributed by atoms with Crippen LogP contribution in [0.5, 0.6) is 0 Å². The van der Waals surface area contributed by atoms with Gasteiger partial charge in [-0.3, -0.25) is 0 Å². The van der Waals surface area contributed by atoms with Crippen LogP contribution in [-0.2, 0) is 0 Å². The molecule has 2 fully saturated rings. The van der Waals surface area contributed by atoms with Crippen molar-refractivity contribution in [1.29, 1.82) is 0 Å². The molecule has 3 unspecified atom stereocenters. The highest BCUT2D eigenvalue weighted by molar-refractivity contribution is 5.13. The van der Waals surface area contributed by atoms with E-state index in [1.54, 1.807) is 0 Å². The van der Waals surface area contributed by atoms with E-state index in [2.05, 4.69) is 17.4 Å². The van der Waals surface area contributed by atoms with Crippen LogP contribution in [0.2, 0.25) is 0 Å². The Balaban J connectivity index is 1.76. The summed E-state index contributed by atoms with van der Waals surface area (Å²) < 4.78 is 5.74. The fraction of sp³-hybridized carbons (Fsp3) is 0.692. The predicted octanol–water partition coefficient (Wildman–Crippen LogP) is 2.89. The summed E-state index contributed by atoms with van der Waals surface area (Å²) in [7, 11) is 2.05. The average Bonchev–Trinajstić information content (AvgIpc) is 2.63. The lowest BCUT2D eigenvalue weighted by Crippen LogP contribution is -2.24. The van der Waals surface area contributed by atoms with E-state index in [0.717, 1.165) is 29.3 Å². The Labute approximate surface area is 91.0 Å². The number of hydrogen-bond acceptors (Lipinski definition) is 2. The molecule has 0 amide bonds. The van der Waals surface area contributed by atoms with Crippen LogP contribution in [0, 0.1) is 24.7 Å². The van der Waals surface area contributed by atoms with Gasteiger partial charge in [-0.15, -0.1) is 0 Å². The quantitative estimate of drug-likeness (QED) is 0.820. The molecule has 0 radical (unpaired) electrons. The molecule has 0 spiro atoms. The second-order valence-corrected chi connectivity index (χ2v) is 5.20. The molecule has 1 N–H and O–H groups in total. The predicted molar refractivity (Wildman–Crippen MR) is 59.6 cm³/mol. The monoisotopic (exact) mass is 205 g/mol. The first kappa shape index (κ1) is 9.46. The van der Waals surface area contributed by atoms with Crippen LogP contribution in [0.15, 0.2) is 16.5 Å². The number of hydrogen-bond donors (Lipinski definition) is 1. The molecule has 1 aromatic rings. The number of nitrogens with one attached hydrogen (secondary N) is 1. The zero-order valence-corrected chi connectivity index (χ0v) is 9.49. The molecule has 2 saturated carbocycles. The Hall–Kier alpha value is -0.760. The van der Waals surface area contributed by atoms with Gasteiger partial charge >= 0.3 is 0 Å². The fourth-order valence-corrected chi connectivity index (χ4v) is 3.26. The van der Waals surface area contributed by atoms with Gasteiger partial charge in [0.1, 0.15) is 11.5 Å². The maximum Gasteiger partial charge on any atom is 0.121 e. The van der Waals surface area contributed by atoms with Gasteiger partial charge in [0.2, 0.25) is 0 Å². The molecule has 2 heteroatoms. The third kappa shape index (κ3) is 1.61. The van der Waals surface area contributed by atoms with E-state index in [1.807, 2.05) is 14.0 Å². The van der Waals surface area contributed by atoms with E-state index < -0.39 is 0 Å². The Morgan fingerprint density at radius 2 is 2.00 bits per heavy atom. The highest BCUT2D eigenvalue weighted by Gasteiger charge is 2.48. The maximum absolute atomic E-state index is 5.74. The van der Waals surface area contributed by atoms with E-state index in [-0.39, 0.29) is 0 Å². The Morgan fingerprint density at radius 3 is 2.53 bits per heavy atom. The summed E-state index contributed by atoms with van der Waals surface area (Å²) in [6.45, 7) is 2.02. The molecule has 2 aliphatic rings. The first-order chi connectivity index (χ1) is 7.28. The van der Waals surface area contributed by atoms with E-state index in [0.29, 0.717) is 6.04 Å². The summed E-state index contributed by atoms with van der Waals surface area (Å²) >= 11 is 0. The molecule has 0 saturated heterocycles. The van der Waals surface area contributed by atoms with Gasteiger partial charge in [-0.25, -0.2) is 0 Å². The lowest BCUT2D eigenvalue weighted by Gasteiger charge is -2.22. The Morgan fingerprint density at radius 1 is 1.27 bits per heavy atom. The van der Waals surface area contributed by atoms with Crippen molar-refractivity contribution in [3.63, 3.8) is 0 Å². The minimum absolute atomic E-state index is 0.437. The van der Waals surface area contributed by atoms with Crippen molar-refractivity contribution in [2.45, 2.75) is 32.2 Å². The first-order valence-corrected chi connectivity index (χ1v) is 6.01. The summed E-state index contributed by atoms with van der Waals surface area (Å²) in [6, 6.07) is 4.63. The first-order valence-electron chi connectivity index (χ1n) is 6.01. The molecule has 1 aromatic heterocycles. The van der Waals surface area contributed by atoms with E-state index in [1.165, 1.54) is 19.3 Å². The molecule has 2 aliphatic carbocycles. The van der Waals surface area contributed by atoms with Gasteiger partial charge in [-0.2, -0.15) is 0 Å². The van der Waals surface area contributed by atoms with Gasteiger partial charge < -0.3 is 9.73 Å². The molecule has 82 valence electrons. The normalized spacial score (nSPS) is 35.2. The molecule has 3 rings (SSSR count). The molecule has 0 aromatic carbocycles. The van der Waals surface area contributed by atoms with Crippen molar-refractivity contribution in [3.8, 4) is 0 Å². The van der Waals surface area contributed by atoms with Crippen molar-refractivity contribution in [2.24, 2.45) is 17.8 Å². The van der Waals surface area contributed by atoms with Crippen molar-refractivity contribution < 1.29 is 4.42 Å². The third-order valence-electron chi connectivity index (χ3n) is 4.13. The number of furan rings is 1. The van der Waals surface area contributed by atoms with Gasteiger partial charge in [-0.05, 0) is 63.1 Å². The molecule has 3 atom stereocenters. The zero-order valence-electron chi connectivity index (χ0n) is 9.49. The zero-order chi connectivity index (χ0) is 10.4. The van der Waals surface area contributed by atoms with E-state index in [9.17, 15) is 0 Å². The topological polar surface area (TPSA) is 25.2 Å². The lowest BCUT2D eigenvalue weighted by atomic mass is 9.93. The van der Waals surface area contributed by atoms with Crippen molar-refractivity contribution >= 4 is 0 Å². The molecular formula is C13H19NO. The van der Waals surface area contributed by atoms with Gasteiger partial charge in [0.05, 0.1) is 6.04 Å². The van der Waals surface area contributed by atoms with Crippen LogP contribution < -0.4 is 5.32 Å². The molecule has 2 nitrogen and oxygen atoms in total. The van der Waals surface area contributed by atoms with Crippen LogP contribution in [0.1, 0.15) is 36.8 Å². The minimum Gasteiger partial charge on any atom is -0.465 e. The lowest BCUT2D eigenvalue weighted by molar-refractivity contribution is 0.305. The Kier molecular flexibility index (Phi) is 2.13. The standard InChI is InChI=1S/C13H19NO/c1-8-3-4-12(15-8)13(14-2)11-6-9-5-10(9)7-11/h3-4,9-11,13-14H,5-7H2,1-2H3. The highest BCUT2D eigenvalue weighted by Crippen LogP contribution is 2.57. The van der Waals surface area contributed by atoms with Gasteiger partial charge in [0, 0.05) is 0 Å². The summed E-state index contributed by atoms with van der Waals surface area (Å²) in [5.74, 6) is 5.03. The van der Waals surface area contributed by atoms with Gasteiger partial charge in [0.15, 0.2) is 0 Å². The number of fused-ring (bicyclic) bond motifs is 1. The Bertz CT molecular complexity index is 347. The van der Waals surface area contributed by atoms with Crippen molar-refractivity contribution in [2.75, 3.05) is 7.05 Å². The summed E-state index contributed by atoms with van der Waals surface area (Å²) in [5.41, 5.74) is 0. The van der Waals surface area contributed by atoms with Gasteiger partial charge in [-0.1, -0.05) is 0 Å². The molecule has 0 bridgehead atoms. The van der Waals surface area contributed by atoms with E-state index in [4.69, 9.17) is 4.42 Å². The second kappa shape index (κ2) is 3.38. The van der Waals surface area contributed by atoms with Crippen LogP contribution in [-0.4, -0.2) is 7.05 Å². The highest BCUT2D eigenvalue weighted by atomic mass is 16.3.